The summed E-state index contributed by atoms with van der Waals surface area (Å²) in [5.41, 5.74) is 0. The Morgan fingerprint density at radius 1 is 1.24 bits per heavy atom. The summed E-state index contributed by atoms with van der Waals surface area (Å²) in [6.45, 7) is 8.98. The maximum absolute atomic E-state index is 12.4. The van der Waals surface area contributed by atoms with Crippen molar-refractivity contribution in [3.05, 3.63) is 0 Å². The van der Waals surface area contributed by atoms with Gasteiger partial charge in [0.15, 0.2) is 0 Å². The largest absolute Gasteiger partial charge is 0.342 e. The second-order valence-corrected chi connectivity index (χ2v) is 7.91. The molecule has 0 radical (unpaired) electrons. The second kappa shape index (κ2) is 8.39. The molecule has 2 rings (SSSR count). The number of carbonyl (C=O) groups is 1. The minimum atomic E-state index is 0.321. The number of likely N-dealkylation sites (tertiary alicyclic amines) is 1. The van der Waals surface area contributed by atoms with Crippen LogP contribution in [0.3, 0.4) is 0 Å². The van der Waals surface area contributed by atoms with Gasteiger partial charge in [-0.3, -0.25) is 4.79 Å². The minimum absolute atomic E-state index is 0.321. The first kappa shape index (κ1) is 17.1. The Morgan fingerprint density at radius 2 is 1.86 bits per heavy atom. The number of carbonyl (C=O) groups excluding carboxylic acids is 1. The molecule has 2 heterocycles. The molecule has 2 aliphatic rings. The van der Waals surface area contributed by atoms with Crippen molar-refractivity contribution < 1.29 is 4.79 Å². The van der Waals surface area contributed by atoms with Crippen LogP contribution < -0.4 is 5.32 Å². The highest BCUT2D eigenvalue weighted by Crippen LogP contribution is 2.22. The lowest BCUT2D eigenvalue weighted by Crippen LogP contribution is -2.47. The second-order valence-electron chi connectivity index (χ2n) is 6.63. The van der Waals surface area contributed by atoms with Crippen LogP contribution in [0.15, 0.2) is 0 Å². The molecule has 0 aliphatic carbocycles. The highest BCUT2D eigenvalue weighted by molar-refractivity contribution is 8.00. The van der Waals surface area contributed by atoms with E-state index in [0.717, 1.165) is 39.0 Å². The highest BCUT2D eigenvalue weighted by atomic mass is 32.2. The third-order valence-electron chi connectivity index (χ3n) is 4.90. The fraction of sp³-hybridized carbons (Fsp3) is 0.938. The lowest BCUT2D eigenvalue weighted by atomic mass is 10.0. The Labute approximate surface area is 134 Å². The van der Waals surface area contributed by atoms with E-state index in [4.69, 9.17) is 0 Å². The number of nitrogens with one attached hydrogen (secondary N) is 1. The van der Waals surface area contributed by atoms with Crippen molar-refractivity contribution in [1.82, 2.24) is 15.1 Å². The van der Waals surface area contributed by atoms with E-state index in [1.54, 1.807) is 0 Å². The van der Waals surface area contributed by atoms with Crippen LogP contribution in [0.5, 0.6) is 0 Å². The quantitative estimate of drug-likeness (QED) is 0.839. The fourth-order valence-electron chi connectivity index (χ4n) is 3.25. The van der Waals surface area contributed by atoms with Gasteiger partial charge < -0.3 is 15.1 Å². The van der Waals surface area contributed by atoms with Crippen LogP contribution in [-0.4, -0.2) is 72.0 Å². The van der Waals surface area contributed by atoms with Gasteiger partial charge >= 0.3 is 0 Å². The molecule has 2 aliphatic heterocycles. The summed E-state index contributed by atoms with van der Waals surface area (Å²) in [7, 11) is 2.00. The van der Waals surface area contributed by atoms with E-state index in [1.807, 2.05) is 23.7 Å². The number of thioether (sulfide) groups is 1. The van der Waals surface area contributed by atoms with Crippen molar-refractivity contribution in [3.8, 4) is 0 Å². The minimum Gasteiger partial charge on any atom is -0.342 e. The maximum atomic E-state index is 12.4. The highest BCUT2D eigenvalue weighted by Gasteiger charge is 2.26. The molecule has 4 nitrogen and oxygen atoms in total. The fourth-order valence-corrected chi connectivity index (χ4v) is 4.40. The van der Waals surface area contributed by atoms with Crippen molar-refractivity contribution in [1.29, 1.82) is 0 Å². The standard InChI is InChI=1S/C16H31N3OS/c1-13(2)19-10-6-14(7-11-19)18(3)16(20)12-21-15-4-8-17-9-5-15/h13-15,17H,4-12H2,1-3H3. The number of hydrogen-bond acceptors (Lipinski definition) is 4. The van der Waals surface area contributed by atoms with Gasteiger partial charge in [-0.2, -0.15) is 0 Å². The first-order chi connectivity index (χ1) is 10.1. The van der Waals surface area contributed by atoms with Gasteiger partial charge in [0.25, 0.3) is 0 Å². The molecule has 0 spiro atoms. The van der Waals surface area contributed by atoms with Gasteiger partial charge in [-0.05, 0) is 52.6 Å². The third-order valence-corrected chi connectivity index (χ3v) is 6.26. The van der Waals surface area contributed by atoms with Crippen molar-refractivity contribution in [2.75, 3.05) is 39.0 Å². The van der Waals surface area contributed by atoms with Crippen LogP contribution in [0.1, 0.15) is 39.5 Å². The van der Waals surface area contributed by atoms with E-state index in [1.165, 1.54) is 12.8 Å². The molecule has 2 saturated heterocycles. The van der Waals surface area contributed by atoms with E-state index in [9.17, 15) is 4.79 Å². The molecule has 0 atom stereocenters. The number of rotatable bonds is 5. The smallest absolute Gasteiger partial charge is 0.232 e. The Morgan fingerprint density at radius 3 is 2.43 bits per heavy atom. The van der Waals surface area contributed by atoms with Crippen molar-refractivity contribution >= 4 is 17.7 Å². The van der Waals surface area contributed by atoms with E-state index in [-0.39, 0.29) is 0 Å². The van der Waals surface area contributed by atoms with Gasteiger partial charge in [0.1, 0.15) is 0 Å². The molecule has 0 aromatic rings. The van der Waals surface area contributed by atoms with E-state index in [2.05, 4.69) is 24.1 Å². The number of nitrogens with zero attached hydrogens (tertiary/aromatic N) is 2. The topological polar surface area (TPSA) is 35.6 Å². The van der Waals surface area contributed by atoms with Gasteiger partial charge in [-0.25, -0.2) is 0 Å². The zero-order chi connectivity index (χ0) is 15.2. The summed E-state index contributed by atoms with van der Waals surface area (Å²) < 4.78 is 0. The normalized spacial score (nSPS) is 22.7. The molecule has 0 aromatic carbocycles. The molecule has 5 heteroatoms. The van der Waals surface area contributed by atoms with Crippen molar-refractivity contribution in [2.24, 2.45) is 0 Å². The zero-order valence-electron chi connectivity index (χ0n) is 13.8. The molecule has 0 aromatic heterocycles. The van der Waals surface area contributed by atoms with Crippen molar-refractivity contribution in [2.45, 2.75) is 56.9 Å². The van der Waals surface area contributed by atoms with Gasteiger partial charge in [0.2, 0.25) is 5.91 Å². The predicted octanol–water partition coefficient (Wildman–Crippen LogP) is 1.80. The van der Waals surface area contributed by atoms with E-state index in [0.29, 0.717) is 29.0 Å². The molecular formula is C16H31N3OS. The first-order valence-corrected chi connectivity index (χ1v) is 9.45. The van der Waals surface area contributed by atoms with E-state index < -0.39 is 0 Å². The maximum Gasteiger partial charge on any atom is 0.232 e. The van der Waals surface area contributed by atoms with Crippen LogP contribution in [-0.2, 0) is 4.79 Å². The Bertz CT molecular complexity index is 323. The van der Waals surface area contributed by atoms with Gasteiger partial charge in [0.05, 0.1) is 5.75 Å². The molecule has 0 unspecified atom stereocenters. The predicted molar refractivity (Wildman–Crippen MR) is 90.9 cm³/mol. The average Bonchev–Trinajstić information content (AvgIpc) is 2.53. The molecule has 0 bridgehead atoms. The van der Waals surface area contributed by atoms with Crippen LogP contribution >= 0.6 is 11.8 Å². The lowest BCUT2D eigenvalue weighted by molar-refractivity contribution is -0.130. The molecule has 21 heavy (non-hydrogen) atoms. The first-order valence-electron chi connectivity index (χ1n) is 8.40. The summed E-state index contributed by atoms with van der Waals surface area (Å²) in [5, 5.41) is 4.05. The molecule has 2 fully saturated rings. The van der Waals surface area contributed by atoms with Crippen LogP contribution in [0.4, 0.5) is 0 Å². The van der Waals surface area contributed by atoms with E-state index >= 15 is 0 Å². The monoisotopic (exact) mass is 313 g/mol. The summed E-state index contributed by atoms with van der Waals surface area (Å²) in [6.07, 6.45) is 4.65. The van der Waals surface area contributed by atoms with Crippen molar-refractivity contribution in [3.63, 3.8) is 0 Å². The third kappa shape index (κ3) is 5.15. The Hall–Kier alpha value is -0.260. The summed E-state index contributed by atoms with van der Waals surface area (Å²) in [5.74, 6) is 0.979. The summed E-state index contributed by atoms with van der Waals surface area (Å²) in [4.78, 5) is 16.9. The number of piperidine rings is 2. The molecule has 122 valence electrons. The molecule has 0 saturated carbocycles. The Kier molecular flexibility index (Phi) is 6.83. The summed E-state index contributed by atoms with van der Waals surface area (Å²) >= 11 is 1.86. The summed E-state index contributed by atoms with van der Waals surface area (Å²) in [6, 6.07) is 1.07. The van der Waals surface area contributed by atoms with Gasteiger partial charge in [-0.15, -0.1) is 11.8 Å². The van der Waals surface area contributed by atoms with Gasteiger partial charge in [-0.1, -0.05) is 0 Å². The lowest BCUT2D eigenvalue weighted by Gasteiger charge is -2.38. The van der Waals surface area contributed by atoms with Crippen LogP contribution in [0.25, 0.3) is 0 Å². The Balaban J connectivity index is 1.69. The number of hydrogen-bond donors (Lipinski definition) is 1. The molecule has 1 N–H and O–H groups in total. The van der Waals surface area contributed by atoms with Crippen LogP contribution in [0.2, 0.25) is 0 Å². The average molecular weight is 314 g/mol. The number of amides is 1. The zero-order valence-corrected chi connectivity index (χ0v) is 14.6. The molecule has 1 amide bonds. The van der Waals surface area contributed by atoms with Crippen LogP contribution in [0, 0.1) is 0 Å². The van der Waals surface area contributed by atoms with Gasteiger partial charge in [0, 0.05) is 37.5 Å². The SMILES string of the molecule is CC(C)N1CCC(N(C)C(=O)CSC2CCNCC2)CC1. The molecular weight excluding hydrogens is 282 g/mol.